The maximum Gasteiger partial charge on any atom is 0.255 e. The third kappa shape index (κ3) is 1.60. The zero-order valence-electron chi connectivity index (χ0n) is 8.03. The van der Waals surface area contributed by atoms with Gasteiger partial charge in [0.15, 0.2) is 0 Å². The molecule has 1 unspecified atom stereocenters. The standard InChI is InChI=1S/C9H17F2N/c1-4-5-8(7-12(2)3)6-9(8,10)11/h4-7H2,1-3H3. The van der Waals surface area contributed by atoms with Gasteiger partial charge in [-0.25, -0.2) is 8.78 Å². The zero-order chi connectivity index (χ0) is 9.41. The molecule has 0 saturated heterocycles. The summed E-state index contributed by atoms with van der Waals surface area (Å²) in [6.45, 7) is 2.49. The van der Waals surface area contributed by atoms with Crippen molar-refractivity contribution in [1.82, 2.24) is 4.90 Å². The van der Waals surface area contributed by atoms with Crippen LogP contribution in [-0.2, 0) is 0 Å². The molecule has 1 fully saturated rings. The first kappa shape index (κ1) is 9.90. The van der Waals surface area contributed by atoms with E-state index in [2.05, 4.69) is 0 Å². The summed E-state index contributed by atoms with van der Waals surface area (Å²) in [4.78, 5) is 1.86. The highest BCUT2D eigenvalue weighted by Gasteiger charge is 2.69. The molecule has 1 rings (SSSR count). The predicted octanol–water partition coefficient (Wildman–Crippen LogP) is 2.37. The smallest absolute Gasteiger partial charge is 0.255 e. The van der Waals surface area contributed by atoms with Crippen molar-refractivity contribution in [3.05, 3.63) is 0 Å². The second-order valence-corrected chi connectivity index (χ2v) is 4.15. The molecule has 3 heteroatoms. The zero-order valence-corrected chi connectivity index (χ0v) is 8.03. The number of hydrogen-bond donors (Lipinski definition) is 0. The third-order valence-electron chi connectivity index (χ3n) is 2.56. The molecule has 1 aliphatic carbocycles. The van der Waals surface area contributed by atoms with Crippen LogP contribution < -0.4 is 0 Å². The number of halogens is 2. The van der Waals surface area contributed by atoms with Crippen LogP contribution in [0.25, 0.3) is 0 Å². The van der Waals surface area contributed by atoms with Gasteiger partial charge in [0.2, 0.25) is 0 Å². The van der Waals surface area contributed by atoms with Crippen LogP contribution in [0.3, 0.4) is 0 Å². The van der Waals surface area contributed by atoms with Crippen LogP contribution in [0.4, 0.5) is 8.78 Å². The largest absolute Gasteiger partial charge is 0.309 e. The Balaban J connectivity index is 2.53. The summed E-state index contributed by atoms with van der Waals surface area (Å²) in [5.74, 6) is -2.40. The van der Waals surface area contributed by atoms with E-state index in [4.69, 9.17) is 0 Å². The molecule has 0 aromatic rings. The predicted molar refractivity (Wildman–Crippen MR) is 45.5 cm³/mol. The second-order valence-electron chi connectivity index (χ2n) is 4.15. The molecule has 0 aromatic heterocycles. The van der Waals surface area contributed by atoms with E-state index in [1.165, 1.54) is 0 Å². The Morgan fingerprint density at radius 1 is 1.33 bits per heavy atom. The maximum atomic E-state index is 13.0. The van der Waals surface area contributed by atoms with Crippen molar-refractivity contribution in [3.63, 3.8) is 0 Å². The molecular formula is C9H17F2N. The Kier molecular flexibility index (Phi) is 2.43. The second kappa shape index (κ2) is 2.95. The molecular weight excluding hydrogens is 160 g/mol. The first-order chi connectivity index (χ1) is 5.43. The van der Waals surface area contributed by atoms with Crippen molar-refractivity contribution in [2.75, 3.05) is 20.6 Å². The molecule has 0 heterocycles. The summed E-state index contributed by atoms with van der Waals surface area (Å²) in [5, 5.41) is 0. The molecule has 1 saturated carbocycles. The Morgan fingerprint density at radius 3 is 2.08 bits per heavy atom. The van der Waals surface area contributed by atoms with Gasteiger partial charge in [0.25, 0.3) is 5.92 Å². The van der Waals surface area contributed by atoms with Gasteiger partial charge >= 0.3 is 0 Å². The lowest BCUT2D eigenvalue weighted by molar-refractivity contribution is 0.0487. The van der Waals surface area contributed by atoms with Gasteiger partial charge in [0, 0.05) is 13.0 Å². The van der Waals surface area contributed by atoms with Crippen LogP contribution in [0, 0.1) is 5.41 Å². The minimum Gasteiger partial charge on any atom is -0.309 e. The highest BCUT2D eigenvalue weighted by Crippen LogP contribution is 2.63. The van der Waals surface area contributed by atoms with Crippen molar-refractivity contribution >= 4 is 0 Å². The first-order valence-electron chi connectivity index (χ1n) is 4.46. The summed E-state index contributed by atoms with van der Waals surface area (Å²) in [7, 11) is 3.71. The molecule has 0 aliphatic heterocycles. The van der Waals surface area contributed by atoms with E-state index in [1.807, 2.05) is 25.9 Å². The summed E-state index contributed by atoms with van der Waals surface area (Å²) in [5.41, 5.74) is -0.689. The van der Waals surface area contributed by atoms with E-state index in [-0.39, 0.29) is 6.42 Å². The average Bonchev–Trinajstić information content (AvgIpc) is 2.31. The highest BCUT2D eigenvalue weighted by molar-refractivity contribution is 5.10. The van der Waals surface area contributed by atoms with Gasteiger partial charge in [0.1, 0.15) is 0 Å². The van der Waals surface area contributed by atoms with Gasteiger partial charge in [-0.1, -0.05) is 13.3 Å². The number of rotatable bonds is 4. The van der Waals surface area contributed by atoms with Crippen LogP contribution in [0.15, 0.2) is 0 Å². The van der Waals surface area contributed by atoms with E-state index < -0.39 is 11.3 Å². The van der Waals surface area contributed by atoms with Gasteiger partial charge in [0.05, 0.1) is 5.41 Å². The number of nitrogens with zero attached hydrogens (tertiary/aromatic N) is 1. The van der Waals surface area contributed by atoms with Crippen LogP contribution in [0.2, 0.25) is 0 Å². The molecule has 0 radical (unpaired) electrons. The topological polar surface area (TPSA) is 3.24 Å². The fourth-order valence-corrected chi connectivity index (χ4v) is 1.99. The van der Waals surface area contributed by atoms with Crippen molar-refractivity contribution in [3.8, 4) is 0 Å². The normalized spacial score (nSPS) is 32.5. The Labute approximate surface area is 72.7 Å². The van der Waals surface area contributed by atoms with Gasteiger partial charge in [-0.05, 0) is 20.5 Å². The van der Waals surface area contributed by atoms with Gasteiger partial charge in [-0.3, -0.25) is 0 Å². The van der Waals surface area contributed by atoms with Crippen LogP contribution in [-0.4, -0.2) is 31.5 Å². The molecule has 0 aromatic carbocycles. The quantitative estimate of drug-likeness (QED) is 0.637. The fraction of sp³-hybridized carbons (Fsp3) is 1.00. The third-order valence-corrected chi connectivity index (χ3v) is 2.56. The van der Waals surface area contributed by atoms with Crippen molar-refractivity contribution in [2.24, 2.45) is 5.41 Å². The Morgan fingerprint density at radius 2 is 1.83 bits per heavy atom. The lowest BCUT2D eigenvalue weighted by atomic mass is 9.99. The van der Waals surface area contributed by atoms with Crippen LogP contribution in [0.5, 0.6) is 0 Å². The number of hydrogen-bond acceptors (Lipinski definition) is 1. The Bertz CT molecular complexity index is 168. The summed E-state index contributed by atoms with van der Waals surface area (Å²) in [6.07, 6.45) is 1.59. The van der Waals surface area contributed by atoms with E-state index in [0.29, 0.717) is 13.0 Å². The van der Waals surface area contributed by atoms with Gasteiger partial charge in [-0.2, -0.15) is 0 Å². The van der Waals surface area contributed by atoms with Crippen LogP contribution in [0.1, 0.15) is 26.2 Å². The lowest BCUT2D eigenvalue weighted by Crippen LogP contribution is -2.27. The Hall–Kier alpha value is -0.180. The molecule has 1 nitrogen and oxygen atoms in total. The molecule has 0 spiro atoms. The SMILES string of the molecule is CCCC1(CN(C)C)CC1(F)F. The molecule has 12 heavy (non-hydrogen) atoms. The van der Waals surface area contributed by atoms with E-state index >= 15 is 0 Å². The van der Waals surface area contributed by atoms with Crippen molar-refractivity contribution < 1.29 is 8.78 Å². The van der Waals surface area contributed by atoms with Crippen molar-refractivity contribution in [2.45, 2.75) is 32.1 Å². The summed E-state index contributed by atoms with van der Waals surface area (Å²) < 4.78 is 25.9. The monoisotopic (exact) mass is 177 g/mol. The number of alkyl halides is 2. The van der Waals surface area contributed by atoms with E-state index in [1.54, 1.807) is 0 Å². The summed E-state index contributed by atoms with van der Waals surface area (Å²) in [6, 6.07) is 0. The average molecular weight is 177 g/mol. The molecule has 0 N–H and O–H groups in total. The fourth-order valence-electron chi connectivity index (χ4n) is 1.99. The van der Waals surface area contributed by atoms with Crippen LogP contribution >= 0.6 is 0 Å². The van der Waals surface area contributed by atoms with E-state index in [0.717, 1.165) is 6.42 Å². The van der Waals surface area contributed by atoms with Gasteiger partial charge < -0.3 is 4.90 Å². The minimum absolute atomic E-state index is 0.0893. The molecule has 72 valence electrons. The minimum atomic E-state index is -2.40. The van der Waals surface area contributed by atoms with E-state index in [9.17, 15) is 8.78 Å². The van der Waals surface area contributed by atoms with Crippen molar-refractivity contribution in [1.29, 1.82) is 0 Å². The first-order valence-corrected chi connectivity index (χ1v) is 4.46. The maximum absolute atomic E-state index is 13.0. The van der Waals surface area contributed by atoms with Gasteiger partial charge in [-0.15, -0.1) is 0 Å². The lowest BCUT2D eigenvalue weighted by Gasteiger charge is -2.19. The molecule has 1 atom stereocenters. The molecule has 0 amide bonds. The highest BCUT2D eigenvalue weighted by atomic mass is 19.3. The molecule has 1 aliphatic rings. The molecule has 0 bridgehead atoms. The summed E-state index contributed by atoms with van der Waals surface area (Å²) >= 11 is 0.